The van der Waals surface area contributed by atoms with Crippen LogP contribution in [0.25, 0.3) is 0 Å². The molecule has 4 rings (SSSR count). The van der Waals surface area contributed by atoms with E-state index in [-0.39, 0.29) is 30.2 Å². The molecular formula is C22H25N5O4. The lowest BCUT2D eigenvalue weighted by Crippen LogP contribution is -2.53. The van der Waals surface area contributed by atoms with Crippen LogP contribution in [0, 0.1) is 5.92 Å². The highest BCUT2D eigenvalue weighted by Crippen LogP contribution is 2.33. The van der Waals surface area contributed by atoms with Gasteiger partial charge in [0, 0.05) is 32.1 Å². The third-order valence-electron chi connectivity index (χ3n) is 5.83. The number of nitrogens with one attached hydrogen (secondary N) is 4. The molecule has 0 spiro atoms. The maximum Gasteiger partial charge on any atom is 0.319 e. The molecule has 0 aromatic heterocycles. The van der Waals surface area contributed by atoms with Crippen molar-refractivity contribution in [2.75, 3.05) is 30.8 Å². The zero-order valence-corrected chi connectivity index (χ0v) is 17.2. The molecule has 1 aromatic rings. The van der Waals surface area contributed by atoms with Gasteiger partial charge in [0.05, 0.1) is 11.4 Å². The molecule has 9 nitrogen and oxygen atoms in total. The summed E-state index contributed by atoms with van der Waals surface area (Å²) in [7, 11) is 1.79. The van der Waals surface area contributed by atoms with Crippen LogP contribution >= 0.6 is 0 Å². The molecule has 1 fully saturated rings. The molecule has 162 valence electrons. The largest absolute Gasteiger partial charge is 0.386 e. The van der Waals surface area contributed by atoms with Crippen LogP contribution in [0.5, 0.6) is 0 Å². The van der Waals surface area contributed by atoms with E-state index in [0.717, 1.165) is 11.3 Å². The number of para-hydroxylation sites is 2. The Hall–Kier alpha value is -3.62. The molecule has 2 aliphatic heterocycles. The average molecular weight is 423 g/mol. The van der Waals surface area contributed by atoms with Crippen molar-refractivity contribution in [1.29, 1.82) is 0 Å². The summed E-state index contributed by atoms with van der Waals surface area (Å²) >= 11 is 0. The van der Waals surface area contributed by atoms with Crippen LogP contribution in [-0.2, 0) is 14.4 Å². The molecule has 0 radical (unpaired) electrons. The van der Waals surface area contributed by atoms with Crippen molar-refractivity contribution in [2.24, 2.45) is 5.92 Å². The van der Waals surface area contributed by atoms with E-state index in [0.29, 0.717) is 37.2 Å². The van der Waals surface area contributed by atoms with Crippen molar-refractivity contribution < 1.29 is 19.2 Å². The van der Waals surface area contributed by atoms with Crippen LogP contribution in [0.3, 0.4) is 0 Å². The predicted octanol–water partition coefficient (Wildman–Crippen LogP) is 1.37. The van der Waals surface area contributed by atoms with Crippen LogP contribution in [0.1, 0.15) is 19.3 Å². The number of nitrogens with zero attached hydrogens (tertiary/aromatic N) is 1. The molecule has 4 N–H and O–H groups in total. The monoisotopic (exact) mass is 423 g/mol. The maximum absolute atomic E-state index is 12.8. The normalized spacial score (nSPS) is 22.9. The number of amides is 5. The summed E-state index contributed by atoms with van der Waals surface area (Å²) in [5.41, 5.74) is 3.09. The number of benzene rings is 1. The minimum absolute atomic E-state index is 0.0542. The molecule has 2 unspecified atom stereocenters. The fourth-order valence-electron chi connectivity index (χ4n) is 4.22. The molecule has 31 heavy (non-hydrogen) atoms. The zero-order chi connectivity index (χ0) is 22.0. The minimum atomic E-state index is -0.612. The van der Waals surface area contributed by atoms with Crippen molar-refractivity contribution in [2.45, 2.75) is 25.3 Å². The fourth-order valence-corrected chi connectivity index (χ4v) is 4.22. The second kappa shape index (κ2) is 8.63. The van der Waals surface area contributed by atoms with Gasteiger partial charge in [0.25, 0.3) is 5.91 Å². The summed E-state index contributed by atoms with van der Waals surface area (Å²) in [5, 5.41) is 11.0. The van der Waals surface area contributed by atoms with Gasteiger partial charge in [0.15, 0.2) is 0 Å². The smallest absolute Gasteiger partial charge is 0.319 e. The maximum atomic E-state index is 12.8. The Morgan fingerprint density at radius 3 is 2.71 bits per heavy atom. The lowest BCUT2D eigenvalue weighted by Gasteiger charge is -2.29. The molecule has 0 saturated carbocycles. The van der Waals surface area contributed by atoms with Crippen LogP contribution in [0.2, 0.25) is 0 Å². The first kappa shape index (κ1) is 20.6. The lowest BCUT2D eigenvalue weighted by molar-refractivity contribution is -0.142. The van der Waals surface area contributed by atoms with Gasteiger partial charge in [-0.15, -0.1) is 0 Å². The van der Waals surface area contributed by atoms with Gasteiger partial charge in [-0.05, 0) is 36.5 Å². The Balaban J connectivity index is 1.31. The number of hydrogen-bond acceptors (Lipinski definition) is 5. The van der Waals surface area contributed by atoms with E-state index < -0.39 is 11.9 Å². The molecule has 2 heterocycles. The first-order valence-corrected chi connectivity index (χ1v) is 10.3. The summed E-state index contributed by atoms with van der Waals surface area (Å²) in [6, 6.07) is 6.51. The number of imide groups is 1. The van der Waals surface area contributed by atoms with Crippen molar-refractivity contribution in [1.82, 2.24) is 15.5 Å². The first-order valence-electron chi connectivity index (χ1n) is 10.3. The van der Waals surface area contributed by atoms with Gasteiger partial charge in [-0.1, -0.05) is 24.3 Å². The molecule has 9 heteroatoms. The standard InChI is InChI=1S/C22H25N5O4/c1-23-16-4-2-3-5-17(16)25-22(31)24-11-13-6-7-15-14(10-13)12-27(21(15)30)18-8-9-19(28)26-20(18)29/h2-7,13,18,23H,8-12H2,1H3,(H2,24,25,31)(H,26,28,29). The van der Waals surface area contributed by atoms with Crippen molar-refractivity contribution in [3.63, 3.8) is 0 Å². The number of rotatable bonds is 5. The minimum Gasteiger partial charge on any atom is -0.386 e. The van der Waals surface area contributed by atoms with Crippen LogP contribution < -0.4 is 21.3 Å². The van der Waals surface area contributed by atoms with Crippen LogP contribution in [0.4, 0.5) is 16.2 Å². The van der Waals surface area contributed by atoms with Crippen molar-refractivity contribution >= 4 is 35.1 Å². The highest BCUT2D eigenvalue weighted by molar-refractivity contribution is 6.06. The molecule has 0 bridgehead atoms. The fraction of sp³-hybridized carbons (Fsp3) is 0.364. The van der Waals surface area contributed by atoms with Gasteiger partial charge in [-0.3, -0.25) is 19.7 Å². The van der Waals surface area contributed by atoms with Gasteiger partial charge in [-0.25, -0.2) is 4.79 Å². The van der Waals surface area contributed by atoms with Gasteiger partial charge in [-0.2, -0.15) is 0 Å². The molecule has 5 amide bonds. The van der Waals surface area contributed by atoms with Gasteiger partial charge < -0.3 is 20.9 Å². The number of anilines is 2. The van der Waals surface area contributed by atoms with E-state index in [9.17, 15) is 19.2 Å². The quantitative estimate of drug-likeness (QED) is 0.534. The third-order valence-corrected chi connectivity index (χ3v) is 5.83. The molecule has 1 aliphatic carbocycles. The number of carbonyl (C=O) groups is 4. The Morgan fingerprint density at radius 1 is 1.19 bits per heavy atom. The summed E-state index contributed by atoms with van der Waals surface area (Å²) in [4.78, 5) is 50.2. The number of piperidine rings is 1. The van der Waals surface area contributed by atoms with Crippen molar-refractivity contribution in [3.05, 3.63) is 47.6 Å². The molecule has 1 saturated heterocycles. The molecule has 3 aliphatic rings. The highest BCUT2D eigenvalue weighted by atomic mass is 16.2. The second-order valence-corrected chi connectivity index (χ2v) is 7.87. The Morgan fingerprint density at radius 2 is 1.97 bits per heavy atom. The highest BCUT2D eigenvalue weighted by Gasteiger charge is 2.40. The SMILES string of the molecule is CNc1ccccc1NC(=O)NCC1C=CC2=C(C1)CN(C1CCC(=O)NC1=O)C2=O. The van der Waals surface area contributed by atoms with Gasteiger partial charge in [0.1, 0.15) is 6.04 Å². The topological polar surface area (TPSA) is 120 Å². The molecule has 2 atom stereocenters. The van der Waals surface area contributed by atoms with E-state index in [1.165, 1.54) is 0 Å². The van der Waals surface area contributed by atoms with Crippen LogP contribution in [0.15, 0.2) is 47.6 Å². The summed E-state index contributed by atoms with van der Waals surface area (Å²) in [5.74, 6) is -0.829. The van der Waals surface area contributed by atoms with E-state index in [2.05, 4.69) is 21.3 Å². The zero-order valence-electron chi connectivity index (χ0n) is 17.2. The summed E-state index contributed by atoms with van der Waals surface area (Å²) < 4.78 is 0. The number of carbonyl (C=O) groups excluding carboxylic acids is 4. The number of urea groups is 1. The van der Waals surface area contributed by atoms with Gasteiger partial charge in [0.2, 0.25) is 11.8 Å². The summed E-state index contributed by atoms with van der Waals surface area (Å²) in [6.45, 7) is 0.802. The van der Waals surface area contributed by atoms with Crippen LogP contribution in [-0.4, -0.2) is 54.8 Å². The summed E-state index contributed by atoms with van der Waals surface area (Å²) in [6.07, 6.45) is 4.92. The second-order valence-electron chi connectivity index (χ2n) is 7.87. The molecule has 1 aromatic carbocycles. The Labute approximate surface area is 179 Å². The Bertz CT molecular complexity index is 999. The van der Waals surface area contributed by atoms with E-state index in [1.807, 2.05) is 30.3 Å². The van der Waals surface area contributed by atoms with Gasteiger partial charge >= 0.3 is 6.03 Å². The first-order chi connectivity index (χ1) is 15.0. The van der Waals surface area contributed by atoms with Crippen molar-refractivity contribution in [3.8, 4) is 0 Å². The lowest BCUT2D eigenvalue weighted by atomic mass is 9.91. The number of hydrogen-bond donors (Lipinski definition) is 4. The van der Waals surface area contributed by atoms with E-state index >= 15 is 0 Å². The third kappa shape index (κ3) is 4.30. The van der Waals surface area contributed by atoms with E-state index in [1.54, 1.807) is 18.0 Å². The Kier molecular flexibility index (Phi) is 5.75. The predicted molar refractivity (Wildman–Crippen MR) is 115 cm³/mol. The molecular weight excluding hydrogens is 398 g/mol. The average Bonchev–Trinajstić information content (AvgIpc) is 3.08. The van der Waals surface area contributed by atoms with E-state index in [4.69, 9.17) is 0 Å².